The molecule has 0 saturated heterocycles. The minimum Gasteiger partial charge on any atom is -0.480 e. The number of hydrogen-bond acceptors (Lipinski definition) is 9. The molecule has 0 radical (unpaired) electrons. The number of aliphatic carboxylic acids is 1. The van der Waals surface area contributed by atoms with Crippen LogP contribution >= 0.6 is 0 Å². The highest BCUT2D eigenvalue weighted by Crippen LogP contribution is 2.58. The van der Waals surface area contributed by atoms with Crippen molar-refractivity contribution in [2.24, 2.45) is 22.7 Å². The Balaban J connectivity index is 0.000000314. The van der Waals surface area contributed by atoms with Crippen molar-refractivity contribution in [3.05, 3.63) is 94.2 Å². The first-order valence-electron chi connectivity index (χ1n) is 32.8. The largest absolute Gasteiger partial charge is 0.480 e. The number of amides is 1. The zero-order chi connectivity index (χ0) is 65.4. The second-order valence-corrected chi connectivity index (χ2v) is 52.0. The summed E-state index contributed by atoms with van der Waals surface area (Å²) in [6.45, 7) is 65.6. The van der Waals surface area contributed by atoms with Gasteiger partial charge >= 0.3 is 5.97 Å². The van der Waals surface area contributed by atoms with Gasteiger partial charge in [0.1, 0.15) is 12.7 Å². The Hall–Kier alpha value is -2.55. The molecule has 1 N–H and O–H groups in total. The van der Waals surface area contributed by atoms with Gasteiger partial charge in [0, 0.05) is 19.8 Å². The molecule has 11 nitrogen and oxygen atoms in total. The van der Waals surface area contributed by atoms with Crippen LogP contribution in [0.15, 0.2) is 94.2 Å². The average molecular weight is 1260 g/mol. The summed E-state index contributed by atoms with van der Waals surface area (Å²) in [4.78, 5) is 34.1. The van der Waals surface area contributed by atoms with Gasteiger partial charge in [-0.2, -0.15) is 0 Å². The number of carbonyl (C=O) groups excluding carboxylic acids is 1. The van der Waals surface area contributed by atoms with Crippen LogP contribution in [0.25, 0.3) is 0 Å². The van der Waals surface area contributed by atoms with Gasteiger partial charge in [0.05, 0.1) is 37.6 Å². The molecule has 488 valence electrons. The Labute approximate surface area is 528 Å². The molecule has 0 heterocycles. The monoisotopic (exact) mass is 1260 g/mol. The van der Waals surface area contributed by atoms with E-state index in [-0.39, 0.29) is 80.1 Å². The van der Waals surface area contributed by atoms with Crippen molar-refractivity contribution in [3.63, 3.8) is 0 Å². The third-order valence-corrected chi connectivity index (χ3v) is 40.7. The SMILES string of the molecule is C=C1C(=CC=C2CCC[C@]3(C)C([C@H](C)OCC(=O)O)=CCC23)C[C@@H](O[Si](C)(C)C(C)(C)C)C[C@@H]1O[Si](C)(C)C(C)(C)C.C=C1C(=CC=C2CCC[C@]3(C)C([C@H](C)ON(OC)C(C)=O)=CCC23)C[C@@H](O[Si](C)(C)C(C)(C)C)C[C@@H]1O[Si](C)(C)C(C)(C)C. The number of carbonyl (C=O) groups is 2. The number of rotatable bonds is 18. The molecule has 6 rings (SSSR count). The van der Waals surface area contributed by atoms with Crippen LogP contribution in [0, 0.1) is 22.7 Å². The predicted octanol–water partition coefficient (Wildman–Crippen LogP) is 19.4. The second kappa shape index (κ2) is 27.7. The number of allylic oxidation sites excluding steroid dienone is 8. The Kier molecular flexibility index (Phi) is 23.9. The van der Waals surface area contributed by atoms with E-state index in [0.717, 1.165) is 93.4 Å². The van der Waals surface area contributed by atoms with Crippen molar-refractivity contribution in [1.82, 2.24) is 5.23 Å². The highest BCUT2D eigenvalue weighted by Gasteiger charge is 2.50. The minimum atomic E-state index is -2.01. The van der Waals surface area contributed by atoms with Crippen LogP contribution in [0.2, 0.25) is 72.5 Å². The van der Waals surface area contributed by atoms with E-state index in [1.165, 1.54) is 47.5 Å². The quantitative estimate of drug-likeness (QED) is 0.0806. The maximum atomic E-state index is 11.9. The van der Waals surface area contributed by atoms with Crippen molar-refractivity contribution in [2.45, 2.75) is 304 Å². The summed E-state index contributed by atoms with van der Waals surface area (Å²) in [7, 11) is -6.48. The van der Waals surface area contributed by atoms with Gasteiger partial charge in [-0.15, -0.1) is 0 Å². The first-order valence-corrected chi connectivity index (χ1v) is 44.4. The molecule has 0 aliphatic heterocycles. The Bertz CT molecular complexity index is 2650. The molecule has 0 bridgehead atoms. The highest BCUT2D eigenvalue weighted by molar-refractivity contribution is 6.75. The molecule has 15 heteroatoms. The number of fused-ring (bicyclic) bond motifs is 2. The fourth-order valence-electron chi connectivity index (χ4n) is 13.2. The lowest BCUT2D eigenvalue weighted by Crippen LogP contribution is -2.49. The number of nitrogens with zero attached hydrogens (tertiary/aromatic N) is 1. The lowest BCUT2D eigenvalue weighted by molar-refractivity contribution is -0.341. The van der Waals surface area contributed by atoms with Gasteiger partial charge in [-0.25, -0.2) is 14.5 Å². The Morgan fingerprint density at radius 3 is 1.29 bits per heavy atom. The number of hydrogen-bond donors (Lipinski definition) is 1. The van der Waals surface area contributed by atoms with Gasteiger partial charge in [0.25, 0.3) is 5.91 Å². The molecule has 1 amide bonds. The molecule has 0 aromatic heterocycles. The van der Waals surface area contributed by atoms with Gasteiger partial charge in [-0.1, -0.05) is 163 Å². The molecular formula is C71H123NO10Si4. The van der Waals surface area contributed by atoms with Crippen LogP contribution in [-0.4, -0.2) is 106 Å². The summed E-state index contributed by atoms with van der Waals surface area (Å²) in [5, 5.41) is 10.7. The molecular weight excluding hydrogens is 1140 g/mol. The molecule has 10 atom stereocenters. The van der Waals surface area contributed by atoms with Gasteiger partial charge in [0.2, 0.25) is 0 Å². The summed E-state index contributed by atoms with van der Waals surface area (Å²) < 4.78 is 33.8. The zero-order valence-electron chi connectivity index (χ0n) is 59.3. The van der Waals surface area contributed by atoms with Crippen molar-refractivity contribution in [2.75, 3.05) is 13.7 Å². The van der Waals surface area contributed by atoms with Crippen LogP contribution in [0.4, 0.5) is 0 Å². The fourth-order valence-corrected chi connectivity index (χ4v) is 18.6. The fraction of sp³-hybridized carbons (Fsp3) is 0.746. The Morgan fingerprint density at radius 2 is 0.965 bits per heavy atom. The first-order chi connectivity index (χ1) is 39.1. The molecule has 6 aliphatic carbocycles. The predicted molar refractivity (Wildman–Crippen MR) is 367 cm³/mol. The first kappa shape index (κ1) is 74.2. The second-order valence-electron chi connectivity index (χ2n) is 33.0. The molecule has 86 heavy (non-hydrogen) atoms. The van der Waals surface area contributed by atoms with E-state index in [2.05, 4.69) is 199 Å². The summed E-state index contributed by atoms with van der Waals surface area (Å²) in [6, 6.07) is 0. The van der Waals surface area contributed by atoms with Crippen molar-refractivity contribution < 1.29 is 46.8 Å². The number of carboxylic acid groups (broad SMARTS) is 1. The summed E-state index contributed by atoms with van der Waals surface area (Å²) in [6.07, 6.45) is 26.0. The number of hydroxylamine groups is 2. The minimum absolute atomic E-state index is 0.00599. The van der Waals surface area contributed by atoms with Gasteiger partial charge in [0.15, 0.2) is 33.3 Å². The zero-order valence-corrected chi connectivity index (χ0v) is 63.3. The third-order valence-electron chi connectivity index (χ3n) is 22.7. The maximum absolute atomic E-state index is 11.9. The van der Waals surface area contributed by atoms with E-state index < -0.39 is 39.2 Å². The van der Waals surface area contributed by atoms with Gasteiger partial charge < -0.3 is 27.5 Å². The van der Waals surface area contributed by atoms with Gasteiger partial charge in [-0.05, 0) is 207 Å². The standard InChI is InChI=1S/C36H63NO5Si2.C35H60O5Si2/c1-25-29(23-30(41-43(12,13)34(4,5)6)24-33(25)42-44(14,15)35(7,8)9)19-18-28-17-16-22-36(10)31(20-21-32(28)36)26(2)40-37(39-11)27(3)38;1-24-27(17-16-26-15-14-20-35(9)29(18-19-30(26)35)25(2)38-23-32(36)37)21-28(39-41(10,11)33(3,4)5)22-31(24)40-42(12,13)34(6,7)8/h18-20,26,30,32-33H,1,16-17,21-24H2,2-15H3;16-18,25,28,30-31H,1,14-15,19-23H2,2-13H3,(H,36,37)/t26-,30+,32?,33-,36+;25-,28+,30?,31-,35+/m00/s1. The molecule has 4 saturated carbocycles. The summed E-state index contributed by atoms with van der Waals surface area (Å²) >= 11 is 0. The topological polar surface area (TPSA) is 122 Å². The molecule has 0 aromatic carbocycles. The van der Waals surface area contributed by atoms with Gasteiger partial charge in [-0.3, -0.25) is 4.79 Å². The van der Waals surface area contributed by atoms with E-state index in [9.17, 15) is 9.59 Å². The molecule has 0 spiro atoms. The number of carboxylic acids is 1. The molecule has 0 aromatic rings. The van der Waals surface area contributed by atoms with Crippen molar-refractivity contribution in [3.8, 4) is 0 Å². The van der Waals surface area contributed by atoms with E-state index in [0.29, 0.717) is 11.8 Å². The summed E-state index contributed by atoms with van der Waals surface area (Å²) in [5.41, 5.74) is 10.3. The highest BCUT2D eigenvalue weighted by atomic mass is 28.4. The maximum Gasteiger partial charge on any atom is 0.329 e. The lowest BCUT2D eigenvalue weighted by Gasteiger charge is -2.45. The smallest absolute Gasteiger partial charge is 0.329 e. The molecule has 6 aliphatic rings. The van der Waals surface area contributed by atoms with Crippen LogP contribution in [0.5, 0.6) is 0 Å². The summed E-state index contributed by atoms with van der Waals surface area (Å²) in [5.74, 6) is -0.352. The van der Waals surface area contributed by atoms with Crippen LogP contribution in [0.3, 0.4) is 0 Å². The van der Waals surface area contributed by atoms with E-state index in [4.69, 9.17) is 37.2 Å². The van der Waals surface area contributed by atoms with Crippen LogP contribution in [0.1, 0.15) is 195 Å². The normalized spacial score (nSPS) is 30.0. The molecule has 4 fully saturated rings. The Morgan fingerprint density at radius 1 is 0.616 bits per heavy atom. The van der Waals surface area contributed by atoms with E-state index in [1.54, 1.807) is 0 Å². The van der Waals surface area contributed by atoms with Crippen LogP contribution in [-0.2, 0) is 41.7 Å². The average Bonchev–Trinajstić information content (AvgIpc) is 1.67. The van der Waals surface area contributed by atoms with Crippen molar-refractivity contribution >= 4 is 45.1 Å². The molecule has 2 unspecified atom stereocenters. The van der Waals surface area contributed by atoms with Crippen LogP contribution < -0.4 is 0 Å². The number of ether oxygens (including phenoxy) is 1. The van der Waals surface area contributed by atoms with Crippen molar-refractivity contribution in [1.29, 1.82) is 0 Å². The van der Waals surface area contributed by atoms with E-state index in [1.807, 2.05) is 13.8 Å². The third kappa shape index (κ3) is 17.3. The van der Waals surface area contributed by atoms with E-state index >= 15 is 0 Å². The lowest BCUT2D eigenvalue weighted by atomic mass is 9.63.